The molecule has 1 aliphatic rings. The van der Waals surface area contributed by atoms with E-state index in [1.165, 1.54) is 0 Å². The molecular weight excluding hydrogens is 182 g/mol. The summed E-state index contributed by atoms with van der Waals surface area (Å²) in [6.45, 7) is 2.08. The minimum atomic E-state index is 0.369. The number of hydrogen-bond donors (Lipinski definition) is 0. The largest absolute Gasteiger partial charge is 0.299 e. The van der Waals surface area contributed by atoms with Crippen LogP contribution in [0.2, 0.25) is 0 Å². The van der Waals surface area contributed by atoms with E-state index >= 15 is 0 Å². The third-order valence-electron chi connectivity index (χ3n) is 2.32. The van der Waals surface area contributed by atoms with Gasteiger partial charge in [-0.15, -0.1) is 11.3 Å². The fourth-order valence-corrected chi connectivity index (χ4v) is 2.18. The lowest BCUT2D eigenvalue weighted by atomic mass is 10.2. The monoisotopic (exact) mass is 195 g/mol. The van der Waals surface area contributed by atoms with Crippen molar-refractivity contribution >= 4 is 17.1 Å². The molecule has 0 radical (unpaired) electrons. The Morgan fingerprint density at radius 2 is 2.46 bits per heavy atom. The van der Waals surface area contributed by atoms with Gasteiger partial charge in [-0.1, -0.05) is 6.92 Å². The number of Topliss-reactive ketones (excluding diaryl/α,β-unsaturated/α-hetero) is 1. The predicted octanol–water partition coefficient (Wildman–Crippen LogP) is 2.23. The molecule has 0 atom stereocenters. The Morgan fingerprint density at radius 3 is 3.00 bits per heavy atom. The van der Waals surface area contributed by atoms with Crippen LogP contribution in [0.3, 0.4) is 0 Å². The molecule has 0 amide bonds. The number of aromatic nitrogens is 1. The second kappa shape index (κ2) is 3.58. The molecule has 0 spiro atoms. The van der Waals surface area contributed by atoms with Crippen molar-refractivity contribution in [1.82, 2.24) is 4.98 Å². The first-order chi connectivity index (χ1) is 6.29. The highest BCUT2D eigenvalue weighted by atomic mass is 32.1. The summed E-state index contributed by atoms with van der Waals surface area (Å²) < 4.78 is 0. The fourth-order valence-electron chi connectivity index (χ4n) is 1.29. The molecule has 1 heterocycles. The summed E-state index contributed by atoms with van der Waals surface area (Å²) in [5, 5.41) is 3.05. The van der Waals surface area contributed by atoms with Gasteiger partial charge >= 0.3 is 0 Å². The van der Waals surface area contributed by atoms with Gasteiger partial charge in [0.15, 0.2) is 0 Å². The maximum absolute atomic E-state index is 11.4. The van der Waals surface area contributed by atoms with Gasteiger partial charge < -0.3 is 0 Å². The van der Waals surface area contributed by atoms with Crippen LogP contribution in [0.5, 0.6) is 0 Å². The molecule has 2 nitrogen and oxygen atoms in total. The fraction of sp³-hybridized carbons (Fsp3) is 0.600. The van der Waals surface area contributed by atoms with E-state index in [1.54, 1.807) is 11.3 Å². The molecular formula is C10H13NOS. The first-order valence-electron chi connectivity index (χ1n) is 4.75. The van der Waals surface area contributed by atoms with Crippen molar-refractivity contribution in [3.63, 3.8) is 0 Å². The maximum Gasteiger partial charge on any atom is 0.142 e. The predicted molar refractivity (Wildman–Crippen MR) is 52.9 cm³/mol. The van der Waals surface area contributed by atoms with Crippen LogP contribution in [0.25, 0.3) is 0 Å². The van der Waals surface area contributed by atoms with E-state index in [9.17, 15) is 4.79 Å². The Bertz CT molecular complexity index is 314. The zero-order valence-corrected chi connectivity index (χ0v) is 8.56. The van der Waals surface area contributed by atoms with Crippen LogP contribution in [-0.4, -0.2) is 10.8 Å². The van der Waals surface area contributed by atoms with Crippen molar-refractivity contribution in [2.24, 2.45) is 5.92 Å². The van der Waals surface area contributed by atoms with E-state index in [0.29, 0.717) is 18.1 Å². The summed E-state index contributed by atoms with van der Waals surface area (Å²) in [5.41, 5.74) is 1.11. The Balaban J connectivity index is 1.96. The zero-order chi connectivity index (χ0) is 9.26. The Labute approximate surface area is 82.0 Å². The lowest BCUT2D eigenvalue weighted by Crippen LogP contribution is -2.04. The number of rotatable bonds is 4. The number of hydrogen-bond acceptors (Lipinski definition) is 3. The SMILES string of the molecule is CCc1csc(CC(=O)C2CC2)n1. The van der Waals surface area contributed by atoms with Crippen LogP contribution >= 0.6 is 11.3 Å². The quantitative estimate of drug-likeness (QED) is 0.737. The second-order valence-electron chi connectivity index (χ2n) is 3.50. The lowest BCUT2D eigenvalue weighted by Gasteiger charge is -1.92. The van der Waals surface area contributed by atoms with Crippen LogP contribution in [0.15, 0.2) is 5.38 Å². The summed E-state index contributed by atoms with van der Waals surface area (Å²) in [6, 6.07) is 0. The average molecular weight is 195 g/mol. The zero-order valence-electron chi connectivity index (χ0n) is 7.75. The molecule has 70 valence electrons. The summed E-state index contributed by atoms with van der Waals surface area (Å²) >= 11 is 1.62. The highest BCUT2D eigenvalue weighted by Crippen LogP contribution is 2.31. The number of carbonyl (C=O) groups excluding carboxylic acids is 1. The van der Waals surface area contributed by atoms with Gasteiger partial charge in [-0.3, -0.25) is 4.79 Å². The second-order valence-corrected chi connectivity index (χ2v) is 4.45. The normalized spacial score (nSPS) is 16.1. The number of thiazole rings is 1. The standard InChI is InChI=1S/C10H13NOS/c1-2-8-6-13-10(11-8)5-9(12)7-3-4-7/h6-7H,2-5H2,1H3. The molecule has 3 heteroatoms. The lowest BCUT2D eigenvalue weighted by molar-refractivity contribution is -0.119. The van der Waals surface area contributed by atoms with Crippen LogP contribution in [0.4, 0.5) is 0 Å². The summed E-state index contributed by atoms with van der Waals surface area (Å²) in [5.74, 6) is 0.756. The Hall–Kier alpha value is -0.700. The van der Waals surface area contributed by atoms with Crippen molar-refractivity contribution in [1.29, 1.82) is 0 Å². The smallest absolute Gasteiger partial charge is 0.142 e. The van der Waals surface area contributed by atoms with Gasteiger partial charge in [0.2, 0.25) is 0 Å². The van der Waals surface area contributed by atoms with E-state index in [2.05, 4.69) is 17.3 Å². The molecule has 0 N–H and O–H groups in total. The highest BCUT2D eigenvalue weighted by molar-refractivity contribution is 7.09. The van der Waals surface area contributed by atoms with E-state index in [4.69, 9.17) is 0 Å². The molecule has 1 aromatic heterocycles. The Morgan fingerprint density at radius 1 is 1.69 bits per heavy atom. The van der Waals surface area contributed by atoms with Crippen molar-refractivity contribution in [2.45, 2.75) is 32.6 Å². The molecule has 13 heavy (non-hydrogen) atoms. The van der Waals surface area contributed by atoms with Crippen LogP contribution < -0.4 is 0 Å². The molecule has 1 aromatic rings. The van der Waals surface area contributed by atoms with Crippen LogP contribution in [0.1, 0.15) is 30.5 Å². The topological polar surface area (TPSA) is 30.0 Å². The minimum Gasteiger partial charge on any atom is -0.299 e. The van der Waals surface area contributed by atoms with Crippen LogP contribution in [-0.2, 0) is 17.6 Å². The first kappa shape index (κ1) is 8.88. The summed E-state index contributed by atoms with van der Waals surface area (Å²) in [7, 11) is 0. The average Bonchev–Trinajstić information content (AvgIpc) is 2.88. The molecule has 1 fully saturated rings. The molecule has 0 bridgehead atoms. The van der Waals surface area contributed by atoms with E-state index in [-0.39, 0.29) is 0 Å². The third kappa shape index (κ3) is 2.15. The Kier molecular flexibility index (Phi) is 2.44. The van der Waals surface area contributed by atoms with Gasteiger partial charge in [-0.05, 0) is 19.3 Å². The van der Waals surface area contributed by atoms with Crippen molar-refractivity contribution in [3.05, 3.63) is 16.1 Å². The van der Waals surface area contributed by atoms with Crippen LogP contribution in [0, 0.1) is 5.92 Å². The van der Waals surface area contributed by atoms with Gasteiger partial charge in [0.1, 0.15) is 10.8 Å². The molecule has 1 aliphatic carbocycles. The molecule has 2 rings (SSSR count). The summed E-state index contributed by atoms with van der Waals surface area (Å²) in [4.78, 5) is 15.8. The first-order valence-corrected chi connectivity index (χ1v) is 5.63. The van der Waals surface area contributed by atoms with Gasteiger partial charge in [0, 0.05) is 11.3 Å². The number of ketones is 1. The van der Waals surface area contributed by atoms with Gasteiger partial charge in [0.25, 0.3) is 0 Å². The number of carbonyl (C=O) groups is 1. The van der Waals surface area contributed by atoms with Crippen molar-refractivity contribution < 1.29 is 4.79 Å². The third-order valence-corrected chi connectivity index (χ3v) is 3.22. The van der Waals surface area contributed by atoms with Crippen molar-refractivity contribution in [3.8, 4) is 0 Å². The van der Waals surface area contributed by atoms with Gasteiger partial charge in [-0.25, -0.2) is 4.98 Å². The van der Waals surface area contributed by atoms with Gasteiger partial charge in [-0.2, -0.15) is 0 Å². The number of aryl methyl sites for hydroxylation is 1. The van der Waals surface area contributed by atoms with Gasteiger partial charge in [0.05, 0.1) is 12.1 Å². The minimum absolute atomic E-state index is 0.369. The molecule has 0 unspecified atom stereocenters. The molecule has 1 saturated carbocycles. The summed E-state index contributed by atoms with van der Waals surface area (Å²) in [6.07, 6.45) is 3.74. The number of nitrogens with zero attached hydrogens (tertiary/aromatic N) is 1. The molecule has 0 aliphatic heterocycles. The van der Waals surface area contributed by atoms with E-state index < -0.39 is 0 Å². The molecule has 0 saturated heterocycles. The van der Waals surface area contributed by atoms with Crippen molar-refractivity contribution in [2.75, 3.05) is 0 Å². The van der Waals surface area contributed by atoms with E-state index in [0.717, 1.165) is 30.0 Å². The highest BCUT2D eigenvalue weighted by Gasteiger charge is 2.29. The maximum atomic E-state index is 11.4. The molecule has 0 aromatic carbocycles. The van der Waals surface area contributed by atoms with E-state index in [1.807, 2.05) is 0 Å².